The molecule has 4 heteroatoms. The van der Waals surface area contributed by atoms with Gasteiger partial charge in [0.2, 0.25) is 5.91 Å². The molecule has 0 saturated heterocycles. The van der Waals surface area contributed by atoms with E-state index in [0.29, 0.717) is 18.9 Å². The molecule has 1 aromatic rings. The summed E-state index contributed by atoms with van der Waals surface area (Å²) in [4.78, 5) is 12.7. The van der Waals surface area contributed by atoms with Gasteiger partial charge in [-0.05, 0) is 31.2 Å². The van der Waals surface area contributed by atoms with Crippen molar-refractivity contribution in [3.8, 4) is 5.75 Å². The number of aliphatic hydroxyl groups excluding tert-OH is 1. The van der Waals surface area contributed by atoms with Crippen molar-refractivity contribution in [2.75, 3.05) is 13.2 Å². The average Bonchev–Trinajstić information content (AvgIpc) is 2.99. The Labute approximate surface area is 131 Å². The molecule has 1 fully saturated rings. The summed E-state index contributed by atoms with van der Waals surface area (Å²) in [5, 5.41) is 12.5. The Bertz CT molecular complexity index is 511. The molecule has 1 aromatic carbocycles. The lowest BCUT2D eigenvalue weighted by Crippen LogP contribution is -2.44. The minimum Gasteiger partial charge on any atom is -0.492 e. The zero-order chi connectivity index (χ0) is 15.4. The normalized spacial score (nSPS) is 22.7. The second-order valence-electron chi connectivity index (χ2n) is 6.43. The van der Waals surface area contributed by atoms with E-state index in [-0.39, 0.29) is 24.5 Å². The number of benzene rings is 1. The molecule has 1 amide bonds. The molecular formula is C18H25NO3. The van der Waals surface area contributed by atoms with Crippen LogP contribution in [-0.4, -0.2) is 30.3 Å². The molecule has 1 aliphatic heterocycles. The summed E-state index contributed by atoms with van der Waals surface area (Å²) >= 11 is 0. The van der Waals surface area contributed by atoms with Crippen LogP contribution in [0.2, 0.25) is 0 Å². The first-order valence-corrected chi connectivity index (χ1v) is 8.42. The molecule has 2 N–H and O–H groups in total. The smallest absolute Gasteiger partial charge is 0.231 e. The summed E-state index contributed by atoms with van der Waals surface area (Å²) in [5.41, 5.74) is 0.978. The van der Waals surface area contributed by atoms with Crippen LogP contribution in [0.25, 0.3) is 0 Å². The van der Waals surface area contributed by atoms with Crippen molar-refractivity contribution in [1.29, 1.82) is 0 Å². The van der Waals surface area contributed by atoms with Crippen LogP contribution in [-0.2, 0) is 4.79 Å². The van der Waals surface area contributed by atoms with E-state index in [1.54, 1.807) is 0 Å². The SMILES string of the molecule is O=C(NC(CCO)C1CCCCC1)C1COc2ccccc21. The number of para-hydroxylation sites is 1. The van der Waals surface area contributed by atoms with E-state index in [9.17, 15) is 9.90 Å². The van der Waals surface area contributed by atoms with Gasteiger partial charge in [0.15, 0.2) is 0 Å². The van der Waals surface area contributed by atoms with Gasteiger partial charge in [0.25, 0.3) is 0 Å². The van der Waals surface area contributed by atoms with Gasteiger partial charge in [0.1, 0.15) is 18.3 Å². The number of hydrogen-bond acceptors (Lipinski definition) is 3. The largest absolute Gasteiger partial charge is 0.492 e. The standard InChI is InChI=1S/C18H25NO3/c20-11-10-16(13-6-2-1-3-7-13)19-18(21)15-12-22-17-9-5-4-8-14(15)17/h4-5,8-9,13,15-16,20H,1-3,6-7,10-12H2,(H,19,21). The van der Waals surface area contributed by atoms with Crippen LogP contribution in [0.1, 0.15) is 50.0 Å². The molecular weight excluding hydrogens is 278 g/mol. The van der Waals surface area contributed by atoms with Gasteiger partial charge < -0.3 is 15.2 Å². The highest BCUT2D eigenvalue weighted by atomic mass is 16.5. The first kappa shape index (κ1) is 15.3. The van der Waals surface area contributed by atoms with Crippen LogP contribution in [0, 0.1) is 5.92 Å². The van der Waals surface area contributed by atoms with Crippen molar-refractivity contribution in [2.45, 2.75) is 50.5 Å². The van der Waals surface area contributed by atoms with Gasteiger partial charge in [0.05, 0.1) is 0 Å². The lowest BCUT2D eigenvalue weighted by Gasteiger charge is -2.31. The van der Waals surface area contributed by atoms with Crippen LogP contribution >= 0.6 is 0 Å². The monoisotopic (exact) mass is 303 g/mol. The third kappa shape index (κ3) is 3.27. The minimum atomic E-state index is -0.221. The number of fused-ring (bicyclic) bond motifs is 1. The van der Waals surface area contributed by atoms with E-state index < -0.39 is 0 Å². The predicted molar refractivity (Wildman–Crippen MR) is 84.9 cm³/mol. The molecule has 0 aromatic heterocycles. The second kappa shape index (κ2) is 7.14. The van der Waals surface area contributed by atoms with Crippen molar-refractivity contribution >= 4 is 5.91 Å². The topological polar surface area (TPSA) is 58.6 Å². The quantitative estimate of drug-likeness (QED) is 0.879. The van der Waals surface area contributed by atoms with Gasteiger partial charge in [-0.1, -0.05) is 37.5 Å². The Balaban J connectivity index is 1.66. The maximum Gasteiger partial charge on any atom is 0.231 e. The average molecular weight is 303 g/mol. The number of nitrogens with one attached hydrogen (secondary N) is 1. The van der Waals surface area contributed by atoms with Gasteiger partial charge >= 0.3 is 0 Å². The molecule has 0 radical (unpaired) electrons. The Morgan fingerprint density at radius 2 is 2.05 bits per heavy atom. The molecule has 22 heavy (non-hydrogen) atoms. The van der Waals surface area contributed by atoms with Gasteiger partial charge in [-0.2, -0.15) is 0 Å². The summed E-state index contributed by atoms with van der Waals surface area (Å²) in [5.74, 6) is 1.14. The fourth-order valence-corrected chi connectivity index (χ4v) is 3.76. The van der Waals surface area contributed by atoms with Crippen molar-refractivity contribution in [3.63, 3.8) is 0 Å². The number of carbonyl (C=O) groups is 1. The molecule has 2 unspecified atom stereocenters. The number of carbonyl (C=O) groups excluding carboxylic acids is 1. The molecule has 2 atom stereocenters. The highest BCUT2D eigenvalue weighted by Gasteiger charge is 2.33. The van der Waals surface area contributed by atoms with Crippen LogP contribution in [0.3, 0.4) is 0 Å². The summed E-state index contributed by atoms with van der Waals surface area (Å²) in [6, 6.07) is 7.84. The number of amides is 1. The maximum absolute atomic E-state index is 12.7. The zero-order valence-electron chi connectivity index (χ0n) is 13.0. The third-order valence-electron chi connectivity index (χ3n) is 5.00. The van der Waals surface area contributed by atoms with Crippen LogP contribution in [0.5, 0.6) is 5.75 Å². The molecule has 0 spiro atoms. The molecule has 1 aliphatic carbocycles. The van der Waals surface area contributed by atoms with E-state index in [4.69, 9.17) is 4.74 Å². The van der Waals surface area contributed by atoms with E-state index in [0.717, 1.165) is 24.2 Å². The minimum absolute atomic E-state index is 0.0361. The van der Waals surface area contributed by atoms with Crippen molar-refractivity contribution < 1.29 is 14.6 Å². The lowest BCUT2D eigenvalue weighted by molar-refractivity contribution is -0.124. The van der Waals surface area contributed by atoms with Gasteiger partial charge in [0, 0.05) is 18.2 Å². The number of ether oxygens (including phenoxy) is 1. The molecule has 2 aliphatic rings. The molecule has 3 rings (SSSR count). The Morgan fingerprint density at radius 1 is 1.27 bits per heavy atom. The molecule has 1 heterocycles. The Hall–Kier alpha value is -1.55. The molecule has 4 nitrogen and oxygen atoms in total. The Kier molecular flexibility index (Phi) is 4.98. The molecule has 0 bridgehead atoms. The predicted octanol–water partition coefficient (Wildman–Crippen LogP) is 2.61. The summed E-state index contributed by atoms with van der Waals surface area (Å²) in [6.07, 6.45) is 6.72. The van der Waals surface area contributed by atoms with Crippen LogP contribution < -0.4 is 10.1 Å². The van der Waals surface area contributed by atoms with Gasteiger partial charge in [-0.3, -0.25) is 4.79 Å². The first-order valence-electron chi connectivity index (χ1n) is 8.42. The highest BCUT2D eigenvalue weighted by molar-refractivity contribution is 5.85. The van der Waals surface area contributed by atoms with E-state index in [1.807, 2.05) is 24.3 Å². The fourth-order valence-electron chi connectivity index (χ4n) is 3.76. The van der Waals surface area contributed by atoms with Gasteiger partial charge in [-0.15, -0.1) is 0 Å². The van der Waals surface area contributed by atoms with Crippen LogP contribution in [0.4, 0.5) is 0 Å². The van der Waals surface area contributed by atoms with E-state index >= 15 is 0 Å². The van der Waals surface area contributed by atoms with Crippen molar-refractivity contribution in [1.82, 2.24) is 5.32 Å². The molecule has 1 saturated carbocycles. The van der Waals surface area contributed by atoms with E-state index in [1.165, 1.54) is 19.3 Å². The number of rotatable bonds is 5. The summed E-state index contributed by atoms with van der Waals surface area (Å²) < 4.78 is 5.61. The highest BCUT2D eigenvalue weighted by Crippen LogP contribution is 2.34. The summed E-state index contributed by atoms with van der Waals surface area (Å²) in [6.45, 7) is 0.543. The first-order chi connectivity index (χ1) is 10.8. The second-order valence-corrected chi connectivity index (χ2v) is 6.43. The van der Waals surface area contributed by atoms with Gasteiger partial charge in [-0.25, -0.2) is 0 Å². The van der Waals surface area contributed by atoms with Crippen LogP contribution in [0.15, 0.2) is 24.3 Å². The number of hydrogen-bond donors (Lipinski definition) is 2. The van der Waals surface area contributed by atoms with Crippen molar-refractivity contribution in [2.24, 2.45) is 5.92 Å². The lowest BCUT2D eigenvalue weighted by atomic mass is 9.82. The molecule has 120 valence electrons. The fraction of sp³-hybridized carbons (Fsp3) is 0.611. The zero-order valence-corrected chi connectivity index (χ0v) is 13.0. The maximum atomic E-state index is 12.7. The number of aliphatic hydroxyl groups is 1. The Morgan fingerprint density at radius 3 is 2.82 bits per heavy atom. The van der Waals surface area contributed by atoms with E-state index in [2.05, 4.69) is 5.32 Å². The third-order valence-corrected chi connectivity index (χ3v) is 5.00. The van der Waals surface area contributed by atoms with Crippen molar-refractivity contribution in [3.05, 3.63) is 29.8 Å². The summed E-state index contributed by atoms with van der Waals surface area (Å²) in [7, 11) is 0.